The fourth-order valence-corrected chi connectivity index (χ4v) is 4.77. The summed E-state index contributed by atoms with van der Waals surface area (Å²) in [5.41, 5.74) is 8.13. The van der Waals surface area contributed by atoms with E-state index in [0.29, 0.717) is 18.4 Å². The highest BCUT2D eigenvalue weighted by atomic mass is 16.3. The number of fused-ring (bicyclic) bond motifs is 1. The fourth-order valence-electron chi connectivity index (χ4n) is 4.77. The molecule has 4 rings (SSSR count). The number of hydrogen-bond acceptors (Lipinski definition) is 2. The summed E-state index contributed by atoms with van der Waals surface area (Å²) in [5, 5.41) is 10.2. The smallest absolute Gasteiger partial charge is 0.166 e. The van der Waals surface area contributed by atoms with Crippen molar-refractivity contribution in [3.63, 3.8) is 0 Å². The van der Waals surface area contributed by atoms with Gasteiger partial charge in [-0.25, -0.2) is 0 Å². The van der Waals surface area contributed by atoms with Crippen LogP contribution in [0.15, 0.2) is 54.3 Å². The number of hydrogen-bond donors (Lipinski definition) is 1. The first kappa shape index (κ1) is 20.7. The predicted molar refractivity (Wildman–Crippen MR) is 124 cm³/mol. The first-order valence-electron chi connectivity index (χ1n) is 11.0. The highest BCUT2D eigenvalue weighted by Gasteiger charge is 2.33. The van der Waals surface area contributed by atoms with E-state index in [1.807, 2.05) is 12.1 Å². The van der Waals surface area contributed by atoms with Crippen molar-refractivity contribution >= 4 is 11.4 Å². The molecule has 2 aliphatic carbocycles. The molecule has 2 heteroatoms. The van der Waals surface area contributed by atoms with Gasteiger partial charge >= 0.3 is 0 Å². The van der Waals surface area contributed by atoms with E-state index in [4.69, 9.17) is 0 Å². The molecule has 30 heavy (non-hydrogen) atoms. The Labute approximate surface area is 180 Å². The van der Waals surface area contributed by atoms with Crippen molar-refractivity contribution in [2.24, 2.45) is 0 Å². The second-order valence-corrected chi connectivity index (χ2v) is 10.1. The lowest BCUT2D eigenvalue weighted by Crippen LogP contribution is -2.29. The van der Waals surface area contributed by atoms with E-state index < -0.39 is 0 Å². The van der Waals surface area contributed by atoms with E-state index in [1.54, 1.807) is 0 Å². The number of aliphatic hydroxyl groups is 1. The van der Waals surface area contributed by atoms with E-state index >= 15 is 0 Å². The summed E-state index contributed by atoms with van der Waals surface area (Å²) in [7, 11) is 0. The number of carbonyl (C=O) groups is 1. The van der Waals surface area contributed by atoms with E-state index in [0.717, 1.165) is 18.4 Å². The Hall–Kier alpha value is -2.61. The Morgan fingerprint density at radius 1 is 0.900 bits per heavy atom. The van der Waals surface area contributed by atoms with Gasteiger partial charge in [0.25, 0.3) is 0 Å². The van der Waals surface area contributed by atoms with Gasteiger partial charge in [-0.3, -0.25) is 4.79 Å². The highest BCUT2D eigenvalue weighted by Crippen LogP contribution is 2.42. The molecule has 2 aromatic carbocycles. The van der Waals surface area contributed by atoms with Gasteiger partial charge in [0.1, 0.15) is 5.76 Å². The number of ketones is 1. The molecule has 0 atom stereocenters. The molecule has 156 valence electrons. The van der Waals surface area contributed by atoms with Gasteiger partial charge in [0, 0.05) is 23.7 Å². The minimum absolute atomic E-state index is 0.0303. The maximum atomic E-state index is 12.3. The van der Waals surface area contributed by atoms with Crippen LogP contribution in [0, 0.1) is 6.92 Å². The standard InChI is InChI=1S/C28H32O2/c1-18-15-22-23(28(4,5)14-13-27(22,2)3)17-21(18)16-19-9-11-20(12-10-19)26-24(29)7-6-8-25(26)30/h9-15,17,29H,6-8,16H2,1-5H3. The Bertz CT molecular complexity index is 1060. The zero-order valence-corrected chi connectivity index (χ0v) is 18.8. The maximum absolute atomic E-state index is 12.3. The molecule has 0 unspecified atom stereocenters. The summed E-state index contributed by atoms with van der Waals surface area (Å²) in [6.07, 6.45) is 7.40. The third kappa shape index (κ3) is 3.64. The molecular weight excluding hydrogens is 368 g/mol. The quantitative estimate of drug-likeness (QED) is 0.580. The van der Waals surface area contributed by atoms with Gasteiger partial charge < -0.3 is 5.11 Å². The topological polar surface area (TPSA) is 37.3 Å². The average Bonchev–Trinajstić information content (AvgIpc) is 2.68. The number of Topliss-reactive ketones (excluding diaryl/α,β-unsaturated/α-hetero) is 1. The van der Waals surface area contributed by atoms with Crippen LogP contribution in [0.2, 0.25) is 0 Å². The van der Waals surface area contributed by atoms with Crippen molar-refractivity contribution in [1.82, 2.24) is 0 Å². The van der Waals surface area contributed by atoms with E-state index in [2.05, 4.69) is 71.0 Å². The monoisotopic (exact) mass is 400 g/mol. The summed E-state index contributed by atoms with van der Waals surface area (Å²) in [6.45, 7) is 11.3. The van der Waals surface area contributed by atoms with Crippen LogP contribution in [0.4, 0.5) is 0 Å². The van der Waals surface area contributed by atoms with Crippen LogP contribution in [0.3, 0.4) is 0 Å². The fraction of sp³-hybridized carbons (Fsp3) is 0.393. The second kappa shape index (κ2) is 7.27. The van der Waals surface area contributed by atoms with Gasteiger partial charge in [0.15, 0.2) is 5.78 Å². The molecule has 0 saturated carbocycles. The van der Waals surface area contributed by atoms with Gasteiger partial charge in [-0.1, -0.05) is 76.2 Å². The van der Waals surface area contributed by atoms with Crippen LogP contribution >= 0.6 is 0 Å². The SMILES string of the molecule is Cc1cc2c(cc1Cc1ccc(C3=C(O)CCCC3=O)cc1)C(C)(C)C=CC2(C)C. The molecular formula is C28H32O2. The van der Waals surface area contributed by atoms with Crippen molar-refractivity contribution in [3.05, 3.63) is 87.7 Å². The summed E-state index contributed by atoms with van der Waals surface area (Å²) in [5.74, 6) is 0.289. The van der Waals surface area contributed by atoms with Gasteiger partial charge in [0.05, 0.1) is 5.57 Å². The zero-order valence-electron chi connectivity index (χ0n) is 18.8. The van der Waals surface area contributed by atoms with Crippen molar-refractivity contribution in [3.8, 4) is 0 Å². The first-order chi connectivity index (χ1) is 14.1. The Balaban J connectivity index is 1.65. The van der Waals surface area contributed by atoms with Gasteiger partial charge in [-0.05, 0) is 53.1 Å². The average molecular weight is 401 g/mol. The molecule has 0 bridgehead atoms. The second-order valence-electron chi connectivity index (χ2n) is 10.1. The number of aliphatic hydroxyl groups excluding tert-OH is 1. The normalized spacial score (nSPS) is 19.7. The minimum Gasteiger partial charge on any atom is -0.512 e. The van der Waals surface area contributed by atoms with Crippen molar-refractivity contribution in [1.29, 1.82) is 0 Å². The Morgan fingerprint density at radius 3 is 2.10 bits per heavy atom. The Morgan fingerprint density at radius 2 is 1.50 bits per heavy atom. The van der Waals surface area contributed by atoms with Crippen molar-refractivity contribution < 1.29 is 9.90 Å². The maximum Gasteiger partial charge on any atom is 0.166 e. The lowest BCUT2D eigenvalue weighted by Gasteiger charge is -2.37. The van der Waals surface area contributed by atoms with Crippen molar-refractivity contribution in [2.45, 2.75) is 71.1 Å². The lowest BCUT2D eigenvalue weighted by molar-refractivity contribution is -0.114. The third-order valence-electron chi connectivity index (χ3n) is 6.80. The molecule has 0 aliphatic heterocycles. The van der Waals surface area contributed by atoms with Gasteiger partial charge in [0.2, 0.25) is 0 Å². The molecule has 0 heterocycles. The number of carbonyl (C=O) groups excluding carboxylic acids is 1. The molecule has 0 fully saturated rings. The van der Waals surface area contributed by atoms with Crippen LogP contribution < -0.4 is 0 Å². The molecule has 0 saturated heterocycles. The zero-order chi connectivity index (χ0) is 21.7. The molecule has 0 spiro atoms. The molecule has 0 radical (unpaired) electrons. The summed E-state index contributed by atoms with van der Waals surface area (Å²) in [4.78, 5) is 12.3. The van der Waals surface area contributed by atoms with Gasteiger partial charge in [-0.2, -0.15) is 0 Å². The molecule has 2 aliphatic rings. The van der Waals surface area contributed by atoms with Crippen molar-refractivity contribution in [2.75, 3.05) is 0 Å². The number of aryl methyl sites for hydroxylation is 1. The largest absolute Gasteiger partial charge is 0.512 e. The Kier molecular flexibility index (Phi) is 5.00. The van der Waals surface area contributed by atoms with Crippen LogP contribution in [0.1, 0.15) is 80.3 Å². The molecule has 2 aromatic rings. The molecule has 0 aromatic heterocycles. The minimum atomic E-state index is 0.0303. The first-order valence-corrected chi connectivity index (χ1v) is 11.0. The molecule has 1 N–H and O–H groups in total. The number of benzene rings is 2. The number of rotatable bonds is 3. The summed E-state index contributed by atoms with van der Waals surface area (Å²) < 4.78 is 0. The molecule has 0 amide bonds. The van der Waals surface area contributed by atoms with Crippen LogP contribution in [-0.2, 0) is 22.0 Å². The van der Waals surface area contributed by atoms with E-state index in [-0.39, 0.29) is 22.4 Å². The number of allylic oxidation sites excluding steroid dienone is 4. The van der Waals surface area contributed by atoms with Gasteiger partial charge in [-0.15, -0.1) is 0 Å². The van der Waals surface area contributed by atoms with Crippen LogP contribution in [-0.4, -0.2) is 10.9 Å². The summed E-state index contributed by atoms with van der Waals surface area (Å²) >= 11 is 0. The summed E-state index contributed by atoms with van der Waals surface area (Å²) in [6, 6.07) is 12.9. The highest BCUT2D eigenvalue weighted by molar-refractivity contribution is 6.21. The van der Waals surface area contributed by atoms with E-state index in [9.17, 15) is 9.90 Å². The predicted octanol–water partition coefficient (Wildman–Crippen LogP) is 6.73. The van der Waals surface area contributed by atoms with Crippen LogP contribution in [0.5, 0.6) is 0 Å². The third-order valence-corrected chi connectivity index (χ3v) is 6.80. The lowest BCUT2D eigenvalue weighted by atomic mass is 9.67. The van der Waals surface area contributed by atoms with E-state index in [1.165, 1.54) is 27.8 Å². The molecule has 2 nitrogen and oxygen atoms in total. The van der Waals surface area contributed by atoms with Crippen LogP contribution in [0.25, 0.3) is 5.57 Å².